The summed E-state index contributed by atoms with van der Waals surface area (Å²) in [4.78, 5) is 13.3. The highest BCUT2D eigenvalue weighted by Crippen LogP contribution is 2.31. The number of furan rings is 1. The van der Waals surface area contributed by atoms with Crippen LogP contribution in [0.1, 0.15) is 11.6 Å². The number of aryl methyl sites for hydroxylation is 1. The van der Waals surface area contributed by atoms with Gasteiger partial charge in [0.1, 0.15) is 16.5 Å². The number of carbonyl (C=O) groups is 1. The van der Waals surface area contributed by atoms with E-state index in [0.29, 0.717) is 33.0 Å². The number of amides is 1. The maximum Gasteiger partial charge on any atom is 0.248 e. The molecule has 3 aromatic heterocycles. The van der Waals surface area contributed by atoms with Crippen molar-refractivity contribution in [2.75, 3.05) is 5.32 Å². The lowest BCUT2D eigenvalue weighted by molar-refractivity contribution is -0.111. The molecule has 5 aromatic rings. The first-order valence-electron chi connectivity index (χ1n) is 9.70. The zero-order valence-corrected chi connectivity index (χ0v) is 18.4. The quantitative estimate of drug-likeness (QED) is 0.338. The molecule has 0 unspecified atom stereocenters. The number of anilines is 1. The Morgan fingerprint density at radius 1 is 1.09 bits per heavy atom. The minimum absolute atomic E-state index is 0.277. The van der Waals surface area contributed by atoms with E-state index in [0.717, 1.165) is 16.1 Å². The zero-order chi connectivity index (χ0) is 22.1. The third-order valence-corrected chi connectivity index (χ3v) is 5.90. The number of nitrogens with one attached hydrogen (secondary N) is 1. The van der Waals surface area contributed by atoms with Gasteiger partial charge in [-0.25, -0.2) is 0 Å². The maximum absolute atomic E-state index is 12.6. The average Bonchev–Trinajstić information content (AvgIpc) is 3.51. The number of rotatable bonds is 5. The number of para-hydroxylation sites is 1. The Balaban J connectivity index is 1.33. The number of aromatic nitrogens is 4. The van der Waals surface area contributed by atoms with Crippen molar-refractivity contribution in [1.29, 1.82) is 0 Å². The van der Waals surface area contributed by atoms with Crippen molar-refractivity contribution >= 4 is 45.6 Å². The number of halogens is 1. The number of fused-ring (bicyclic) bond motifs is 1. The summed E-state index contributed by atoms with van der Waals surface area (Å²) in [5, 5.41) is 17.0. The second-order valence-corrected chi connectivity index (χ2v) is 8.32. The van der Waals surface area contributed by atoms with Crippen LogP contribution in [0.3, 0.4) is 0 Å². The molecule has 158 valence electrons. The van der Waals surface area contributed by atoms with Crippen molar-refractivity contribution in [2.24, 2.45) is 0 Å². The van der Waals surface area contributed by atoms with E-state index in [-0.39, 0.29) is 5.91 Å². The fourth-order valence-corrected chi connectivity index (χ4v) is 4.20. The zero-order valence-electron chi connectivity index (χ0n) is 16.8. The first kappa shape index (κ1) is 20.2. The van der Waals surface area contributed by atoms with Crippen molar-refractivity contribution in [2.45, 2.75) is 6.92 Å². The summed E-state index contributed by atoms with van der Waals surface area (Å²) in [6.45, 7) is 1.84. The van der Waals surface area contributed by atoms with Crippen molar-refractivity contribution in [3.8, 4) is 21.9 Å². The SMILES string of the molecule is Cc1nnc2sc(-c3ccccc3NC(=O)/C=C/c3ccc(-c4ccc(Cl)cc4)o3)nn12. The van der Waals surface area contributed by atoms with Crippen LogP contribution in [0.15, 0.2) is 71.2 Å². The normalized spacial score (nSPS) is 11.4. The number of hydrogen-bond acceptors (Lipinski definition) is 6. The second-order valence-electron chi connectivity index (χ2n) is 6.93. The van der Waals surface area contributed by atoms with Crippen LogP contribution in [0.5, 0.6) is 0 Å². The lowest BCUT2D eigenvalue weighted by atomic mass is 10.2. The molecule has 0 aliphatic carbocycles. The van der Waals surface area contributed by atoms with E-state index < -0.39 is 0 Å². The van der Waals surface area contributed by atoms with E-state index in [2.05, 4.69) is 20.6 Å². The predicted octanol–water partition coefficient (Wildman–Crippen LogP) is 5.73. The average molecular weight is 462 g/mol. The van der Waals surface area contributed by atoms with Gasteiger partial charge in [0, 0.05) is 22.2 Å². The van der Waals surface area contributed by atoms with Gasteiger partial charge in [-0.1, -0.05) is 35.1 Å². The van der Waals surface area contributed by atoms with Gasteiger partial charge in [-0.2, -0.15) is 9.61 Å². The molecule has 7 nitrogen and oxygen atoms in total. The molecule has 0 saturated carbocycles. The van der Waals surface area contributed by atoms with Crippen LogP contribution in [0, 0.1) is 6.92 Å². The Bertz CT molecular complexity index is 1450. The molecule has 0 aliphatic rings. The highest BCUT2D eigenvalue weighted by atomic mass is 35.5. The van der Waals surface area contributed by atoms with Gasteiger partial charge < -0.3 is 9.73 Å². The monoisotopic (exact) mass is 461 g/mol. The summed E-state index contributed by atoms with van der Waals surface area (Å²) in [5.74, 6) is 1.71. The summed E-state index contributed by atoms with van der Waals surface area (Å²) in [5.41, 5.74) is 2.38. The molecule has 0 aliphatic heterocycles. The minimum atomic E-state index is -0.277. The standard InChI is InChI=1S/C23H16ClN5O2S/c1-14-26-27-23-29(14)28-22(32-23)18-4-2-3-5-19(18)25-21(30)13-11-17-10-12-20(31-17)15-6-8-16(24)9-7-15/h2-13H,1H3,(H,25,30)/b13-11+. The molecule has 1 amide bonds. The first-order chi connectivity index (χ1) is 15.6. The number of carbonyl (C=O) groups excluding carboxylic acids is 1. The molecule has 0 atom stereocenters. The highest BCUT2D eigenvalue weighted by Gasteiger charge is 2.14. The van der Waals surface area contributed by atoms with Gasteiger partial charge in [-0.15, -0.1) is 10.2 Å². The van der Waals surface area contributed by atoms with E-state index in [9.17, 15) is 4.79 Å². The van der Waals surface area contributed by atoms with E-state index in [4.69, 9.17) is 16.0 Å². The Hall–Kier alpha value is -3.75. The molecule has 0 radical (unpaired) electrons. The molecule has 32 heavy (non-hydrogen) atoms. The summed E-state index contributed by atoms with van der Waals surface area (Å²) in [6.07, 6.45) is 3.06. The molecular formula is C23H16ClN5O2S. The van der Waals surface area contributed by atoms with Gasteiger partial charge in [0.05, 0.1) is 5.69 Å². The topological polar surface area (TPSA) is 85.3 Å². The summed E-state index contributed by atoms with van der Waals surface area (Å²) < 4.78 is 7.49. The van der Waals surface area contributed by atoms with Gasteiger partial charge in [0.25, 0.3) is 0 Å². The molecule has 3 heterocycles. The van der Waals surface area contributed by atoms with Crippen LogP contribution >= 0.6 is 22.9 Å². The van der Waals surface area contributed by atoms with Crippen molar-refractivity contribution in [3.63, 3.8) is 0 Å². The van der Waals surface area contributed by atoms with Gasteiger partial charge >= 0.3 is 0 Å². The highest BCUT2D eigenvalue weighted by molar-refractivity contribution is 7.19. The van der Waals surface area contributed by atoms with Gasteiger partial charge in [-0.3, -0.25) is 4.79 Å². The fourth-order valence-electron chi connectivity index (χ4n) is 3.15. The van der Waals surface area contributed by atoms with Crippen LogP contribution in [0.4, 0.5) is 5.69 Å². The summed E-state index contributed by atoms with van der Waals surface area (Å²) in [7, 11) is 0. The molecule has 9 heteroatoms. The maximum atomic E-state index is 12.6. The molecule has 1 N–H and O–H groups in total. The number of benzene rings is 2. The van der Waals surface area contributed by atoms with Crippen LogP contribution in [0.25, 0.3) is 32.9 Å². The smallest absolute Gasteiger partial charge is 0.248 e. The third-order valence-electron chi connectivity index (χ3n) is 4.72. The third kappa shape index (κ3) is 4.05. The Morgan fingerprint density at radius 3 is 2.72 bits per heavy atom. The fraction of sp³-hybridized carbons (Fsp3) is 0.0435. The van der Waals surface area contributed by atoms with E-state index in [1.807, 2.05) is 55.5 Å². The van der Waals surface area contributed by atoms with Crippen molar-refractivity contribution in [3.05, 3.63) is 83.3 Å². The van der Waals surface area contributed by atoms with Crippen LogP contribution in [-0.2, 0) is 4.79 Å². The van der Waals surface area contributed by atoms with Gasteiger partial charge in [0.2, 0.25) is 10.9 Å². The Morgan fingerprint density at radius 2 is 1.91 bits per heavy atom. The Labute approximate surface area is 192 Å². The molecule has 0 spiro atoms. The van der Waals surface area contributed by atoms with Crippen molar-refractivity contribution < 1.29 is 9.21 Å². The predicted molar refractivity (Wildman–Crippen MR) is 126 cm³/mol. The van der Waals surface area contributed by atoms with E-state index >= 15 is 0 Å². The first-order valence-corrected chi connectivity index (χ1v) is 10.9. The van der Waals surface area contributed by atoms with Crippen LogP contribution in [0.2, 0.25) is 5.02 Å². The Kier molecular flexibility index (Phi) is 5.30. The number of nitrogens with zero attached hydrogens (tertiary/aromatic N) is 4. The van der Waals surface area contributed by atoms with Crippen LogP contribution in [-0.4, -0.2) is 25.7 Å². The van der Waals surface area contributed by atoms with E-state index in [1.54, 1.807) is 22.7 Å². The molecule has 0 saturated heterocycles. The summed E-state index contributed by atoms with van der Waals surface area (Å²) >= 11 is 7.34. The molecule has 0 fully saturated rings. The van der Waals surface area contributed by atoms with E-state index in [1.165, 1.54) is 17.4 Å². The molecule has 2 aromatic carbocycles. The lowest BCUT2D eigenvalue weighted by Gasteiger charge is -2.07. The largest absolute Gasteiger partial charge is 0.457 e. The van der Waals surface area contributed by atoms with Crippen molar-refractivity contribution in [1.82, 2.24) is 19.8 Å². The minimum Gasteiger partial charge on any atom is -0.457 e. The second kappa shape index (κ2) is 8.41. The van der Waals surface area contributed by atoms with Gasteiger partial charge in [0.15, 0.2) is 5.82 Å². The van der Waals surface area contributed by atoms with Gasteiger partial charge in [-0.05, 0) is 61.5 Å². The molecule has 5 rings (SSSR count). The molecular weight excluding hydrogens is 446 g/mol. The lowest BCUT2D eigenvalue weighted by Crippen LogP contribution is -2.08. The molecule has 0 bridgehead atoms. The summed E-state index contributed by atoms with van der Waals surface area (Å²) in [6, 6.07) is 18.5. The van der Waals surface area contributed by atoms with Crippen LogP contribution < -0.4 is 5.32 Å². The number of hydrogen-bond donors (Lipinski definition) is 1.